The SMILES string of the molecule is COc1cc(OC)c2c(c1)O[C@@H](c1ccc(O)cc1)C[C@H]2OC(C)=O. The summed E-state index contributed by atoms with van der Waals surface area (Å²) in [5.41, 5.74) is 1.57. The van der Waals surface area contributed by atoms with Crippen molar-refractivity contribution in [3.63, 3.8) is 0 Å². The van der Waals surface area contributed by atoms with Crippen molar-refractivity contribution in [1.29, 1.82) is 0 Å². The molecule has 1 N–H and O–H groups in total. The molecule has 0 saturated heterocycles. The average molecular weight is 344 g/mol. The predicted octanol–water partition coefficient (Wildman–Crippen LogP) is 3.54. The van der Waals surface area contributed by atoms with Gasteiger partial charge in [0.05, 0.1) is 19.8 Å². The van der Waals surface area contributed by atoms with Gasteiger partial charge in [0.25, 0.3) is 0 Å². The van der Waals surface area contributed by atoms with Crippen LogP contribution in [0.15, 0.2) is 36.4 Å². The Morgan fingerprint density at radius 2 is 1.88 bits per heavy atom. The maximum absolute atomic E-state index is 11.6. The van der Waals surface area contributed by atoms with Gasteiger partial charge in [-0.3, -0.25) is 4.79 Å². The van der Waals surface area contributed by atoms with Crippen molar-refractivity contribution in [3.05, 3.63) is 47.5 Å². The largest absolute Gasteiger partial charge is 0.508 e. The number of methoxy groups -OCH3 is 2. The summed E-state index contributed by atoms with van der Waals surface area (Å²) in [5.74, 6) is 1.49. The van der Waals surface area contributed by atoms with E-state index in [1.807, 2.05) is 0 Å². The molecule has 132 valence electrons. The highest BCUT2D eigenvalue weighted by atomic mass is 16.6. The van der Waals surface area contributed by atoms with E-state index in [2.05, 4.69) is 0 Å². The van der Waals surface area contributed by atoms with Crippen LogP contribution < -0.4 is 14.2 Å². The van der Waals surface area contributed by atoms with Crippen molar-refractivity contribution in [2.24, 2.45) is 0 Å². The molecule has 0 radical (unpaired) electrons. The van der Waals surface area contributed by atoms with Crippen molar-refractivity contribution in [2.45, 2.75) is 25.6 Å². The molecule has 6 heteroatoms. The molecule has 0 bridgehead atoms. The third-order valence-corrected chi connectivity index (χ3v) is 4.13. The Morgan fingerprint density at radius 3 is 2.48 bits per heavy atom. The van der Waals surface area contributed by atoms with Gasteiger partial charge in [0.15, 0.2) is 0 Å². The maximum Gasteiger partial charge on any atom is 0.303 e. The fraction of sp³-hybridized carbons (Fsp3) is 0.316. The predicted molar refractivity (Wildman–Crippen MR) is 90.1 cm³/mol. The average Bonchev–Trinajstić information content (AvgIpc) is 2.60. The zero-order valence-electron chi connectivity index (χ0n) is 14.3. The fourth-order valence-corrected chi connectivity index (χ4v) is 2.99. The summed E-state index contributed by atoms with van der Waals surface area (Å²) in [6.07, 6.45) is -0.379. The summed E-state index contributed by atoms with van der Waals surface area (Å²) in [5, 5.41) is 9.48. The number of rotatable bonds is 4. The molecule has 2 aromatic carbocycles. The van der Waals surface area contributed by atoms with Gasteiger partial charge in [-0.15, -0.1) is 0 Å². The Hall–Kier alpha value is -2.89. The molecule has 25 heavy (non-hydrogen) atoms. The number of fused-ring (bicyclic) bond motifs is 1. The minimum atomic E-state index is -0.499. The first-order chi connectivity index (χ1) is 12.0. The summed E-state index contributed by atoms with van der Waals surface area (Å²) >= 11 is 0. The molecule has 1 aliphatic heterocycles. The molecule has 0 aromatic heterocycles. The first-order valence-electron chi connectivity index (χ1n) is 7.90. The van der Waals surface area contributed by atoms with E-state index in [9.17, 15) is 9.90 Å². The van der Waals surface area contributed by atoms with Crippen LogP contribution >= 0.6 is 0 Å². The number of carbonyl (C=O) groups is 1. The number of carbonyl (C=O) groups excluding carboxylic acids is 1. The van der Waals surface area contributed by atoms with Crippen LogP contribution in [0.3, 0.4) is 0 Å². The van der Waals surface area contributed by atoms with E-state index in [0.717, 1.165) is 5.56 Å². The molecule has 0 aliphatic carbocycles. The number of esters is 1. The van der Waals surface area contributed by atoms with Crippen molar-refractivity contribution in [1.82, 2.24) is 0 Å². The van der Waals surface area contributed by atoms with Crippen LogP contribution in [0.2, 0.25) is 0 Å². The van der Waals surface area contributed by atoms with Gasteiger partial charge in [-0.2, -0.15) is 0 Å². The topological polar surface area (TPSA) is 74.2 Å². The van der Waals surface area contributed by atoms with Crippen LogP contribution in [0.4, 0.5) is 0 Å². The minimum absolute atomic E-state index is 0.180. The highest BCUT2D eigenvalue weighted by Crippen LogP contribution is 2.48. The third kappa shape index (κ3) is 3.47. The van der Waals surface area contributed by atoms with Crippen LogP contribution in [0.1, 0.15) is 36.7 Å². The van der Waals surface area contributed by atoms with Crippen molar-refractivity contribution in [2.75, 3.05) is 14.2 Å². The van der Waals surface area contributed by atoms with Gasteiger partial charge < -0.3 is 24.1 Å². The molecule has 0 unspecified atom stereocenters. The lowest BCUT2D eigenvalue weighted by Crippen LogP contribution is -2.23. The van der Waals surface area contributed by atoms with Gasteiger partial charge in [-0.05, 0) is 17.7 Å². The Balaban J connectivity index is 2.04. The second-order valence-electron chi connectivity index (χ2n) is 5.77. The van der Waals surface area contributed by atoms with Gasteiger partial charge in [0.2, 0.25) is 0 Å². The molecule has 3 rings (SSSR count). The van der Waals surface area contributed by atoms with Crippen molar-refractivity contribution >= 4 is 5.97 Å². The molecular weight excluding hydrogens is 324 g/mol. The highest BCUT2D eigenvalue weighted by Gasteiger charge is 2.34. The summed E-state index contributed by atoms with van der Waals surface area (Å²) < 4.78 is 22.4. The zero-order valence-corrected chi connectivity index (χ0v) is 14.3. The summed E-state index contributed by atoms with van der Waals surface area (Å²) in [6.45, 7) is 1.38. The van der Waals surface area contributed by atoms with Crippen LogP contribution in [0, 0.1) is 0 Å². The number of hydrogen-bond acceptors (Lipinski definition) is 6. The lowest BCUT2D eigenvalue weighted by Gasteiger charge is -2.33. The summed E-state index contributed by atoms with van der Waals surface area (Å²) in [4.78, 5) is 11.6. The normalized spacial score (nSPS) is 18.7. The van der Waals surface area contributed by atoms with Gasteiger partial charge >= 0.3 is 5.97 Å². The Morgan fingerprint density at radius 1 is 1.16 bits per heavy atom. The standard InChI is InChI=1S/C19H20O6/c1-11(20)24-18-10-15(12-4-6-13(21)7-5-12)25-17-9-14(22-2)8-16(23-3)19(17)18/h4-9,15,18,21H,10H2,1-3H3/t15-,18-/m1/s1. The molecular formula is C19H20O6. The number of benzene rings is 2. The van der Waals surface area contributed by atoms with E-state index < -0.39 is 6.10 Å². The highest BCUT2D eigenvalue weighted by molar-refractivity contribution is 5.67. The first-order valence-corrected chi connectivity index (χ1v) is 7.90. The van der Waals surface area contributed by atoms with Crippen LogP contribution in [0.5, 0.6) is 23.0 Å². The zero-order chi connectivity index (χ0) is 18.0. The van der Waals surface area contributed by atoms with E-state index in [1.165, 1.54) is 6.92 Å². The lowest BCUT2D eigenvalue weighted by molar-refractivity contribution is -0.149. The van der Waals surface area contributed by atoms with Gasteiger partial charge in [0, 0.05) is 25.5 Å². The number of phenols is 1. The van der Waals surface area contributed by atoms with E-state index in [-0.39, 0.29) is 17.8 Å². The van der Waals surface area contributed by atoms with Crippen molar-refractivity contribution < 1.29 is 28.8 Å². The van der Waals surface area contributed by atoms with E-state index in [1.54, 1.807) is 50.6 Å². The molecule has 0 fully saturated rings. The van der Waals surface area contributed by atoms with Gasteiger partial charge in [-0.25, -0.2) is 0 Å². The van der Waals surface area contributed by atoms with Crippen molar-refractivity contribution in [3.8, 4) is 23.0 Å². The van der Waals surface area contributed by atoms with Crippen LogP contribution in [-0.2, 0) is 9.53 Å². The monoisotopic (exact) mass is 344 g/mol. The lowest BCUT2D eigenvalue weighted by atomic mass is 9.94. The Bertz CT molecular complexity index is 768. The molecule has 2 aromatic rings. The quantitative estimate of drug-likeness (QED) is 0.855. The molecule has 0 amide bonds. The fourth-order valence-electron chi connectivity index (χ4n) is 2.99. The minimum Gasteiger partial charge on any atom is -0.508 e. The first kappa shape index (κ1) is 17.0. The summed E-state index contributed by atoms with van der Waals surface area (Å²) in [6, 6.07) is 10.3. The summed E-state index contributed by atoms with van der Waals surface area (Å²) in [7, 11) is 3.11. The molecule has 1 aliphatic rings. The molecule has 6 nitrogen and oxygen atoms in total. The third-order valence-electron chi connectivity index (χ3n) is 4.13. The Labute approximate surface area is 145 Å². The van der Waals surface area contributed by atoms with E-state index in [0.29, 0.717) is 29.2 Å². The maximum atomic E-state index is 11.6. The Kier molecular flexibility index (Phi) is 4.70. The number of aromatic hydroxyl groups is 1. The number of hydrogen-bond donors (Lipinski definition) is 1. The molecule has 0 spiro atoms. The number of ether oxygens (including phenoxy) is 4. The van der Waals surface area contributed by atoms with Gasteiger partial charge in [-0.1, -0.05) is 12.1 Å². The van der Waals surface area contributed by atoms with E-state index in [4.69, 9.17) is 18.9 Å². The van der Waals surface area contributed by atoms with Crippen LogP contribution in [0.25, 0.3) is 0 Å². The smallest absolute Gasteiger partial charge is 0.303 e. The van der Waals surface area contributed by atoms with Gasteiger partial charge in [0.1, 0.15) is 35.2 Å². The second-order valence-corrected chi connectivity index (χ2v) is 5.77. The molecule has 1 heterocycles. The molecule has 0 saturated carbocycles. The molecule has 2 atom stereocenters. The van der Waals surface area contributed by atoms with E-state index >= 15 is 0 Å². The number of phenolic OH excluding ortho intramolecular Hbond substituents is 1. The second kappa shape index (κ2) is 6.93. The van der Waals surface area contributed by atoms with Crippen LogP contribution in [-0.4, -0.2) is 25.3 Å².